The van der Waals surface area contributed by atoms with Crippen LogP contribution in [-0.4, -0.2) is 95.2 Å². The third-order valence-electron chi connectivity index (χ3n) is 3.23. The number of nitrogens with zero attached hydrogens (tertiary/aromatic N) is 2. The monoisotopic (exact) mass is 679 g/mol. The summed E-state index contributed by atoms with van der Waals surface area (Å²) in [5, 5.41) is 8.91. The standard InChI is InChI=1S/C9H19N2O2P.C5H9IO3Se.Ba/c1-8(2)11(9(3)4)14(12)13-7-5-6-10;6-9-7-3-4-1-2-5(10)8-4;/h8-9,12H,5,7H2,1-4H3;4-5,10H,1-3H2;/q;;+1/p-1. The van der Waals surface area contributed by atoms with Crippen LogP contribution in [0, 0.1) is 11.3 Å². The van der Waals surface area contributed by atoms with E-state index in [9.17, 15) is 4.89 Å². The topological polar surface area (TPSA) is 84.2 Å². The van der Waals surface area contributed by atoms with Crippen LogP contribution in [0.4, 0.5) is 0 Å². The van der Waals surface area contributed by atoms with Gasteiger partial charge < -0.3 is 9.42 Å². The van der Waals surface area contributed by atoms with E-state index in [0.29, 0.717) is 30.7 Å². The maximum atomic E-state index is 9.74. The van der Waals surface area contributed by atoms with Crippen molar-refractivity contribution in [1.82, 2.24) is 4.67 Å². The second kappa shape index (κ2) is 17.4. The van der Waals surface area contributed by atoms with Crippen LogP contribution >= 0.6 is 31.5 Å². The zero-order valence-electron chi connectivity index (χ0n) is 15.3. The summed E-state index contributed by atoms with van der Waals surface area (Å²) in [5.74, 6) is 0. The molecule has 0 aromatic carbocycles. The average Bonchev–Trinajstić information content (AvgIpc) is 3.01. The third-order valence-corrected chi connectivity index (χ3v) is 12.8. The summed E-state index contributed by atoms with van der Waals surface area (Å²) in [7, 11) is -1.55. The van der Waals surface area contributed by atoms with Gasteiger partial charge in [-0.1, -0.05) is 0 Å². The molecular weight excluding hydrogens is 650 g/mol. The van der Waals surface area contributed by atoms with Gasteiger partial charge in [0.2, 0.25) is 0 Å². The first-order valence-electron chi connectivity index (χ1n) is 8.10. The minimum atomic E-state index is -1.55. The second-order valence-corrected chi connectivity index (χ2v) is 14.7. The molecule has 1 radical (unpaired) electrons. The van der Waals surface area contributed by atoms with E-state index in [-0.39, 0.29) is 12.1 Å². The Bertz CT molecular complexity index is 374. The molecule has 0 aromatic heterocycles. The normalized spacial score (nSPS) is 21.2. The van der Waals surface area contributed by atoms with E-state index in [4.69, 9.17) is 19.4 Å². The van der Waals surface area contributed by atoms with Crippen LogP contribution in [0.2, 0.25) is 0 Å². The number of hydrogen-bond acceptors (Lipinski definition) is 7. The van der Waals surface area contributed by atoms with Gasteiger partial charge >= 0.3 is 116 Å². The molecule has 25 heavy (non-hydrogen) atoms. The van der Waals surface area contributed by atoms with Crippen molar-refractivity contribution in [2.45, 2.75) is 70.1 Å². The van der Waals surface area contributed by atoms with Gasteiger partial charge in [0.1, 0.15) is 0 Å². The van der Waals surface area contributed by atoms with Crippen LogP contribution in [0.5, 0.6) is 0 Å². The van der Waals surface area contributed by atoms with Crippen molar-refractivity contribution in [3.05, 3.63) is 0 Å². The third kappa shape index (κ3) is 13.4. The fraction of sp³-hybridized carbons (Fsp3) is 0.929. The Morgan fingerprint density at radius 1 is 1.40 bits per heavy atom. The van der Waals surface area contributed by atoms with E-state index < -0.39 is 8.53 Å². The van der Waals surface area contributed by atoms with Gasteiger partial charge in [-0.2, -0.15) is 5.26 Å². The molecule has 1 fully saturated rings. The van der Waals surface area contributed by atoms with Gasteiger partial charge in [-0.05, 0) is 27.7 Å². The molecule has 3 atom stereocenters. The molecule has 7 nitrogen and oxygen atoms in total. The number of halogens is 1. The van der Waals surface area contributed by atoms with Crippen LogP contribution in [0.25, 0.3) is 0 Å². The van der Waals surface area contributed by atoms with Gasteiger partial charge in [-0.3, -0.25) is 0 Å². The predicted molar refractivity (Wildman–Crippen MR) is 108 cm³/mol. The van der Waals surface area contributed by atoms with Gasteiger partial charge in [0, 0.05) is 12.1 Å². The molecular formula is C14H27BaIN2O5PSe. The summed E-state index contributed by atoms with van der Waals surface area (Å²) in [6.45, 7) is 8.94. The van der Waals surface area contributed by atoms with Crippen LogP contribution in [-0.2, 0) is 17.4 Å². The van der Waals surface area contributed by atoms with E-state index in [1.54, 1.807) is 23.0 Å². The van der Waals surface area contributed by atoms with Crippen molar-refractivity contribution in [2.24, 2.45) is 0 Å². The fourth-order valence-corrected chi connectivity index (χ4v) is 8.71. The summed E-state index contributed by atoms with van der Waals surface area (Å²) >= 11 is 2.65. The molecule has 143 valence electrons. The Balaban J connectivity index is 0.000000472. The second-order valence-electron chi connectivity index (χ2n) is 5.84. The predicted octanol–water partition coefficient (Wildman–Crippen LogP) is 2.83. The fourth-order valence-electron chi connectivity index (χ4n) is 2.25. The molecule has 0 amide bonds. The molecule has 0 spiro atoms. The number of ether oxygens (including phenoxy) is 1. The van der Waals surface area contributed by atoms with Crippen LogP contribution in [0.1, 0.15) is 47.0 Å². The Kier molecular flexibility index (Phi) is 19.1. The molecule has 1 N–H and O–H groups in total. The Morgan fingerprint density at radius 2 is 2.04 bits per heavy atom. The summed E-state index contributed by atoms with van der Waals surface area (Å²) in [6, 6.07) is 2.46. The van der Waals surface area contributed by atoms with Crippen molar-refractivity contribution in [3.63, 3.8) is 0 Å². The zero-order valence-corrected chi connectivity index (χ0v) is 24.5. The van der Waals surface area contributed by atoms with Crippen molar-refractivity contribution < 1.29 is 22.3 Å². The Morgan fingerprint density at radius 3 is 2.48 bits per heavy atom. The summed E-state index contributed by atoms with van der Waals surface area (Å²) in [5.41, 5.74) is 0. The van der Waals surface area contributed by atoms with Crippen LogP contribution in [0.15, 0.2) is 0 Å². The summed E-state index contributed by atoms with van der Waals surface area (Å²) < 4.78 is 17.3. The van der Waals surface area contributed by atoms with Gasteiger partial charge in [0.25, 0.3) is 8.53 Å². The average molecular weight is 678 g/mol. The number of nitriles is 1. The van der Waals surface area contributed by atoms with Crippen molar-refractivity contribution >= 4 is 80.8 Å². The van der Waals surface area contributed by atoms with Gasteiger partial charge in [0.15, 0.2) is 0 Å². The molecule has 0 aliphatic carbocycles. The van der Waals surface area contributed by atoms with Crippen LogP contribution < -0.4 is 0 Å². The number of hydrogen-bond donors (Lipinski definition) is 1. The Hall–Kier alpha value is 2.50. The van der Waals surface area contributed by atoms with E-state index in [1.807, 2.05) is 38.4 Å². The molecule has 3 unspecified atom stereocenters. The van der Waals surface area contributed by atoms with Crippen LogP contribution in [0.3, 0.4) is 0 Å². The maximum absolute atomic E-state index is 9.74. The Labute approximate surface area is 199 Å². The van der Waals surface area contributed by atoms with E-state index in [0.717, 1.165) is 55.7 Å². The van der Waals surface area contributed by atoms with Gasteiger partial charge in [0.05, 0.1) is 19.1 Å². The zero-order chi connectivity index (χ0) is 19.2. The minimum absolute atomic E-state index is 0.244. The van der Waals surface area contributed by atoms with Crippen molar-refractivity contribution in [2.75, 3.05) is 13.2 Å². The first kappa shape index (κ1) is 27.5. The van der Waals surface area contributed by atoms with E-state index >= 15 is 0 Å². The molecule has 0 bridgehead atoms. The SMILES string of the molecule is CC(C)N(C(C)C)P(O)OCCC#N.IOOCC1CCC([Se][Ba])O1. The molecule has 0 saturated carbocycles. The molecule has 1 saturated heterocycles. The molecule has 11 heteroatoms. The van der Waals surface area contributed by atoms with Gasteiger partial charge in [-0.15, -0.1) is 0 Å². The molecule has 1 aliphatic heterocycles. The molecule has 1 rings (SSSR count). The van der Waals surface area contributed by atoms with Gasteiger partial charge in [-0.25, -0.2) is 4.67 Å². The summed E-state index contributed by atoms with van der Waals surface area (Å²) in [6.07, 6.45) is 3.80. The quantitative estimate of drug-likeness (QED) is 0.0952. The molecule has 0 aromatic rings. The van der Waals surface area contributed by atoms with Crippen molar-refractivity contribution in [3.8, 4) is 6.07 Å². The summed E-state index contributed by atoms with van der Waals surface area (Å²) in [4.78, 5) is 14.5. The first-order chi connectivity index (χ1) is 11.9. The van der Waals surface area contributed by atoms with E-state index in [1.165, 1.54) is 6.42 Å². The van der Waals surface area contributed by atoms with Crippen molar-refractivity contribution in [1.29, 1.82) is 5.26 Å². The molecule has 1 heterocycles. The number of rotatable bonds is 10. The first-order valence-corrected chi connectivity index (χ1v) is 21.8. The van der Waals surface area contributed by atoms with E-state index in [2.05, 4.69) is 3.22 Å². The molecule has 1 aliphatic rings.